The van der Waals surface area contributed by atoms with Crippen LogP contribution < -0.4 is 10.2 Å². The second-order valence-electron chi connectivity index (χ2n) is 6.57. The van der Waals surface area contributed by atoms with Crippen LogP contribution in [0.15, 0.2) is 70.2 Å². The Hall–Kier alpha value is -2.54. The number of nitrogens with one attached hydrogen (secondary N) is 1. The fourth-order valence-electron chi connectivity index (χ4n) is 2.92. The number of nitrogens with zero attached hydrogens (tertiary/aromatic N) is 3. The summed E-state index contributed by atoms with van der Waals surface area (Å²) in [5.74, 6) is 1.38. The third kappa shape index (κ3) is 4.61. The van der Waals surface area contributed by atoms with Crippen molar-refractivity contribution in [3.8, 4) is 5.75 Å². The third-order valence-corrected chi connectivity index (χ3v) is 5.73. The Kier molecular flexibility index (Phi) is 6.27. The molecule has 1 aromatic heterocycles. The first-order valence-corrected chi connectivity index (χ1v) is 10.6. The summed E-state index contributed by atoms with van der Waals surface area (Å²) in [6, 6.07) is 19.0. The molecule has 3 aromatic carbocycles. The molecule has 0 saturated carbocycles. The number of imidazole rings is 1. The monoisotopic (exact) mass is 502 g/mol. The normalized spacial score (nSPS) is 11.3. The largest absolute Gasteiger partial charge is 0.488 e. The zero-order chi connectivity index (χ0) is 21.1. The van der Waals surface area contributed by atoms with Crippen LogP contribution in [0.4, 0.5) is 5.95 Å². The Bertz CT molecular complexity index is 1240. The van der Waals surface area contributed by atoms with Gasteiger partial charge in [0.25, 0.3) is 0 Å². The third-order valence-electron chi connectivity index (χ3n) is 4.52. The molecule has 0 aliphatic heterocycles. The summed E-state index contributed by atoms with van der Waals surface area (Å²) in [4.78, 5) is 4.53. The number of fused-ring (bicyclic) bond motifs is 1. The molecule has 0 fully saturated rings. The quantitative estimate of drug-likeness (QED) is 0.236. The first-order valence-electron chi connectivity index (χ1n) is 9.08. The van der Waals surface area contributed by atoms with Crippen molar-refractivity contribution in [1.29, 1.82) is 0 Å². The summed E-state index contributed by atoms with van der Waals surface area (Å²) in [5, 5.41) is 5.48. The molecule has 8 heteroatoms. The molecular weight excluding hydrogens is 487 g/mol. The summed E-state index contributed by atoms with van der Waals surface area (Å²) >= 11 is 15.7. The average Bonchev–Trinajstić information content (AvgIpc) is 3.04. The summed E-state index contributed by atoms with van der Waals surface area (Å²) in [6.07, 6.45) is 1.73. The molecule has 0 bridgehead atoms. The molecule has 4 rings (SSSR count). The number of benzene rings is 3. The molecular formula is C22H17BrCl2N4O. The number of ether oxygens (including phenoxy) is 1. The molecule has 1 heterocycles. The fourth-order valence-corrected chi connectivity index (χ4v) is 3.89. The lowest BCUT2D eigenvalue weighted by Crippen LogP contribution is -1.99. The zero-order valence-electron chi connectivity index (χ0n) is 15.9. The van der Waals surface area contributed by atoms with E-state index in [-0.39, 0.29) is 0 Å². The highest BCUT2D eigenvalue weighted by Crippen LogP contribution is 2.28. The van der Waals surface area contributed by atoms with Gasteiger partial charge in [-0.3, -0.25) is 0 Å². The van der Waals surface area contributed by atoms with E-state index in [0.717, 1.165) is 26.6 Å². The van der Waals surface area contributed by atoms with E-state index in [2.05, 4.69) is 31.4 Å². The van der Waals surface area contributed by atoms with E-state index < -0.39 is 0 Å². The van der Waals surface area contributed by atoms with Crippen molar-refractivity contribution in [3.05, 3.63) is 86.3 Å². The second kappa shape index (κ2) is 9.08. The number of hydrazone groups is 1. The molecule has 0 aliphatic carbocycles. The minimum absolute atomic E-state index is 0.344. The lowest BCUT2D eigenvalue weighted by atomic mass is 10.2. The van der Waals surface area contributed by atoms with Gasteiger partial charge < -0.3 is 9.30 Å². The molecule has 0 spiro atoms. The molecule has 30 heavy (non-hydrogen) atoms. The average molecular weight is 504 g/mol. The zero-order valence-corrected chi connectivity index (χ0v) is 19.0. The molecule has 1 N–H and O–H groups in total. The van der Waals surface area contributed by atoms with Crippen molar-refractivity contribution in [2.75, 3.05) is 5.43 Å². The number of aryl methyl sites for hydroxylation is 1. The molecule has 0 amide bonds. The Balaban J connectivity index is 1.41. The van der Waals surface area contributed by atoms with Crippen LogP contribution >= 0.6 is 39.1 Å². The molecule has 0 aliphatic rings. The van der Waals surface area contributed by atoms with E-state index in [1.807, 2.05) is 60.1 Å². The number of aromatic nitrogens is 2. The van der Waals surface area contributed by atoms with Crippen LogP contribution in [-0.2, 0) is 13.7 Å². The Morgan fingerprint density at radius 2 is 1.97 bits per heavy atom. The number of anilines is 1. The summed E-state index contributed by atoms with van der Waals surface area (Å²) < 4.78 is 8.65. The van der Waals surface area contributed by atoms with Crippen LogP contribution in [0.5, 0.6) is 5.75 Å². The SMILES string of the molecule is Cn1c(N/N=C\c2ccc(OCc3ccc(Cl)cc3Cl)c(Br)c2)nc2ccccc21. The van der Waals surface area contributed by atoms with Gasteiger partial charge in [-0.15, -0.1) is 0 Å². The lowest BCUT2D eigenvalue weighted by Gasteiger charge is -2.10. The summed E-state index contributed by atoms with van der Waals surface area (Å²) in [7, 11) is 1.95. The van der Waals surface area contributed by atoms with E-state index in [0.29, 0.717) is 28.3 Å². The summed E-state index contributed by atoms with van der Waals surface area (Å²) in [5.41, 5.74) is 6.73. The minimum atomic E-state index is 0.344. The van der Waals surface area contributed by atoms with E-state index in [4.69, 9.17) is 27.9 Å². The molecule has 0 saturated heterocycles. The maximum absolute atomic E-state index is 6.20. The van der Waals surface area contributed by atoms with Crippen LogP contribution in [0.2, 0.25) is 10.0 Å². The molecule has 0 atom stereocenters. The van der Waals surface area contributed by atoms with Crippen LogP contribution in [-0.4, -0.2) is 15.8 Å². The predicted molar refractivity (Wildman–Crippen MR) is 127 cm³/mol. The highest BCUT2D eigenvalue weighted by molar-refractivity contribution is 9.10. The van der Waals surface area contributed by atoms with Crippen molar-refractivity contribution < 1.29 is 4.74 Å². The van der Waals surface area contributed by atoms with Crippen molar-refractivity contribution in [3.63, 3.8) is 0 Å². The van der Waals surface area contributed by atoms with Crippen molar-refractivity contribution in [1.82, 2.24) is 9.55 Å². The van der Waals surface area contributed by atoms with Gasteiger partial charge in [0.05, 0.1) is 21.7 Å². The highest BCUT2D eigenvalue weighted by atomic mass is 79.9. The van der Waals surface area contributed by atoms with Gasteiger partial charge in [0.1, 0.15) is 12.4 Å². The topological polar surface area (TPSA) is 51.4 Å². The smallest absolute Gasteiger partial charge is 0.224 e. The molecule has 5 nitrogen and oxygen atoms in total. The molecule has 0 radical (unpaired) electrons. The Morgan fingerprint density at radius 1 is 1.13 bits per heavy atom. The number of hydrogen-bond donors (Lipinski definition) is 1. The maximum Gasteiger partial charge on any atom is 0.224 e. The van der Waals surface area contributed by atoms with E-state index >= 15 is 0 Å². The molecule has 152 valence electrons. The van der Waals surface area contributed by atoms with Crippen molar-refractivity contribution in [2.45, 2.75) is 6.61 Å². The van der Waals surface area contributed by atoms with Gasteiger partial charge in [-0.2, -0.15) is 5.10 Å². The first kappa shape index (κ1) is 20.7. The number of para-hydroxylation sites is 2. The maximum atomic E-state index is 6.20. The Labute approximate surface area is 192 Å². The van der Waals surface area contributed by atoms with Gasteiger partial charge in [0.2, 0.25) is 5.95 Å². The highest BCUT2D eigenvalue weighted by Gasteiger charge is 2.07. The predicted octanol–water partition coefficient (Wildman–Crippen LogP) is 6.67. The molecule has 0 unspecified atom stereocenters. The van der Waals surface area contributed by atoms with Gasteiger partial charge in [-0.05, 0) is 64.0 Å². The summed E-state index contributed by atoms with van der Waals surface area (Å²) in [6.45, 7) is 0.344. The van der Waals surface area contributed by atoms with Crippen LogP contribution in [0.3, 0.4) is 0 Å². The van der Waals surface area contributed by atoms with Crippen LogP contribution in [0.25, 0.3) is 11.0 Å². The van der Waals surface area contributed by atoms with Crippen LogP contribution in [0.1, 0.15) is 11.1 Å². The second-order valence-corrected chi connectivity index (χ2v) is 8.27. The van der Waals surface area contributed by atoms with E-state index in [9.17, 15) is 0 Å². The van der Waals surface area contributed by atoms with E-state index in [1.54, 1.807) is 18.3 Å². The fraction of sp³-hybridized carbons (Fsp3) is 0.0909. The van der Waals surface area contributed by atoms with Crippen molar-refractivity contribution in [2.24, 2.45) is 12.1 Å². The molecule has 4 aromatic rings. The van der Waals surface area contributed by atoms with Gasteiger partial charge >= 0.3 is 0 Å². The van der Waals surface area contributed by atoms with Gasteiger partial charge in [-0.25, -0.2) is 10.4 Å². The van der Waals surface area contributed by atoms with Gasteiger partial charge in [-0.1, -0.05) is 41.4 Å². The number of halogens is 3. The number of hydrogen-bond acceptors (Lipinski definition) is 4. The standard InChI is InChI=1S/C22H17BrCl2N4O/c1-29-20-5-3-2-4-19(20)27-22(29)28-26-12-14-6-9-21(17(23)10-14)30-13-15-7-8-16(24)11-18(15)25/h2-12H,13H2,1H3,(H,27,28)/b26-12-. The lowest BCUT2D eigenvalue weighted by molar-refractivity contribution is 0.304. The van der Waals surface area contributed by atoms with Gasteiger partial charge in [0.15, 0.2) is 0 Å². The van der Waals surface area contributed by atoms with Crippen LogP contribution in [0, 0.1) is 0 Å². The minimum Gasteiger partial charge on any atom is -0.488 e. The number of rotatable bonds is 6. The first-order chi connectivity index (χ1) is 14.5. The van der Waals surface area contributed by atoms with Crippen molar-refractivity contribution >= 4 is 62.3 Å². The van der Waals surface area contributed by atoms with Gasteiger partial charge in [0, 0.05) is 22.7 Å². The van der Waals surface area contributed by atoms with E-state index in [1.165, 1.54) is 0 Å². The Morgan fingerprint density at radius 3 is 2.73 bits per heavy atom.